The molecule has 0 radical (unpaired) electrons. The summed E-state index contributed by atoms with van der Waals surface area (Å²) < 4.78 is 5.61. The lowest BCUT2D eigenvalue weighted by Crippen LogP contribution is -2.25. The van der Waals surface area contributed by atoms with Gasteiger partial charge in [0.2, 0.25) is 0 Å². The van der Waals surface area contributed by atoms with E-state index in [1.54, 1.807) is 0 Å². The summed E-state index contributed by atoms with van der Waals surface area (Å²) in [6.45, 7) is 7.60. The van der Waals surface area contributed by atoms with Gasteiger partial charge in [0.05, 0.1) is 6.61 Å². The van der Waals surface area contributed by atoms with Crippen LogP contribution in [0.4, 0.5) is 5.69 Å². The van der Waals surface area contributed by atoms with Crippen molar-refractivity contribution in [2.75, 3.05) is 32.0 Å². The van der Waals surface area contributed by atoms with Crippen molar-refractivity contribution in [1.29, 1.82) is 0 Å². The van der Waals surface area contributed by atoms with Gasteiger partial charge in [0.15, 0.2) is 0 Å². The van der Waals surface area contributed by atoms with Crippen molar-refractivity contribution < 1.29 is 9.84 Å². The first-order valence-electron chi connectivity index (χ1n) is 6.55. The van der Waals surface area contributed by atoms with Gasteiger partial charge in [-0.2, -0.15) is 0 Å². The molecule has 0 atom stereocenters. The number of anilines is 1. The van der Waals surface area contributed by atoms with E-state index < -0.39 is 0 Å². The summed E-state index contributed by atoms with van der Waals surface area (Å²) in [5.41, 5.74) is 7.69. The Morgan fingerprint density at radius 1 is 1.33 bits per heavy atom. The second-order valence-corrected chi connectivity index (χ2v) is 4.25. The lowest BCUT2D eigenvalue weighted by atomic mass is 10.1. The fourth-order valence-electron chi connectivity index (χ4n) is 1.90. The Morgan fingerprint density at radius 2 is 2.11 bits per heavy atom. The van der Waals surface area contributed by atoms with Crippen molar-refractivity contribution >= 4 is 5.69 Å². The zero-order valence-electron chi connectivity index (χ0n) is 11.4. The molecule has 1 aromatic carbocycles. The Hall–Kier alpha value is -1.26. The Bertz CT molecular complexity index is 356. The highest BCUT2D eigenvalue weighted by Gasteiger charge is 2.09. The molecule has 0 spiro atoms. The van der Waals surface area contributed by atoms with E-state index in [9.17, 15) is 0 Å². The zero-order chi connectivity index (χ0) is 13.4. The van der Waals surface area contributed by atoms with Gasteiger partial charge in [-0.05, 0) is 38.1 Å². The van der Waals surface area contributed by atoms with Crippen molar-refractivity contribution in [3.63, 3.8) is 0 Å². The molecule has 0 aliphatic heterocycles. The first-order chi connectivity index (χ1) is 8.71. The maximum Gasteiger partial charge on any atom is 0.123 e. The predicted molar refractivity (Wildman–Crippen MR) is 74.7 cm³/mol. The van der Waals surface area contributed by atoms with E-state index in [2.05, 4.69) is 11.8 Å². The number of aliphatic hydroxyl groups excluding tert-OH is 1. The number of ether oxygens (including phenoxy) is 1. The summed E-state index contributed by atoms with van der Waals surface area (Å²) in [4.78, 5) is 2.27. The van der Waals surface area contributed by atoms with Gasteiger partial charge in [-0.25, -0.2) is 0 Å². The number of aliphatic hydroxyl groups is 1. The van der Waals surface area contributed by atoms with Crippen molar-refractivity contribution in [1.82, 2.24) is 4.90 Å². The lowest BCUT2D eigenvalue weighted by Gasteiger charge is -2.21. The third kappa shape index (κ3) is 4.55. The molecule has 0 amide bonds. The molecule has 0 fully saturated rings. The number of nitrogen functional groups attached to an aromatic ring is 1. The van der Waals surface area contributed by atoms with Crippen molar-refractivity contribution in [2.45, 2.75) is 26.8 Å². The minimum atomic E-state index is 0.228. The SMILES string of the molecule is CCOc1ccc(N)cc1CN(CC)CCCO. The molecular formula is C14H24N2O2. The fraction of sp³-hybridized carbons (Fsp3) is 0.571. The van der Waals surface area contributed by atoms with Crippen LogP contribution in [-0.2, 0) is 6.54 Å². The minimum absolute atomic E-state index is 0.228. The number of nitrogens with zero attached hydrogens (tertiary/aromatic N) is 1. The molecule has 0 aliphatic carbocycles. The highest BCUT2D eigenvalue weighted by molar-refractivity contribution is 5.47. The molecule has 4 nitrogen and oxygen atoms in total. The number of rotatable bonds is 8. The highest BCUT2D eigenvalue weighted by atomic mass is 16.5. The van der Waals surface area contributed by atoms with Gasteiger partial charge in [-0.3, -0.25) is 4.90 Å². The highest BCUT2D eigenvalue weighted by Crippen LogP contribution is 2.23. The normalized spacial score (nSPS) is 10.9. The summed E-state index contributed by atoms with van der Waals surface area (Å²) in [5.74, 6) is 0.897. The Balaban J connectivity index is 2.76. The molecule has 0 saturated heterocycles. The molecule has 3 N–H and O–H groups in total. The first kappa shape index (κ1) is 14.8. The summed E-state index contributed by atoms with van der Waals surface area (Å²) >= 11 is 0. The summed E-state index contributed by atoms with van der Waals surface area (Å²) in [7, 11) is 0. The van der Waals surface area contributed by atoms with Crippen LogP contribution in [0.3, 0.4) is 0 Å². The predicted octanol–water partition coefficient (Wildman–Crippen LogP) is 1.87. The molecule has 0 aliphatic rings. The molecular weight excluding hydrogens is 228 g/mol. The summed E-state index contributed by atoms with van der Waals surface area (Å²) in [6.07, 6.45) is 0.792. The number of hydrogen-bond donors (Lipinski definition) is 2. The molecule has 0 heterocycles. The number of nitrogens with two attached hydrogens (primary N) is 1. The van der Waals surface area contributed by atoms with Crippen LogP contribution in [-0.4, -0.2) is 36.3 Å². The average molecular weight is 252 g/mol. The van der Waals surface area contributed by atoms with E-state index in [0.29, 0.717) is 6.61 Å². The van der Waals surface area contributed by atoms with Crippen molar-refractivity contribution in [3.8, 4) is 5.75 Å². The topological polar surface area (TPSA) is 58.7 Å². The summed E-state index contributed by atoms with van der Waals surface area (Å²) in [6, 6.07) is 5.75. The monoisotopic (exact) mass is 252 g/mol. The Kier molecular flexibility index (Phi) is 6.54. The maximum absolute atomic E-state index is 8.89. The maximum atomic E-state index is 8.89. The summed E-state index contributed by atoms with van der Waals surface area (Å²) in [5, 5.41) is 8.89. The molecule has 1 rings (SSSR count). The Labute approximate surface area is 109 Å². The van der Waals surface area contributed by atoms with E-state index in [4.69, 9.17) is 15.6 Å². The van der Waals surface area contributed by atoms with E-state index in [1.807, 2.05) is 25.1 Å². The third-order valence-corrected chi connectivity index (χ3v) is 2.86. The number of benzene rings is 1. The minimum Gasteiger partial charge on any atom is -0.494 e. The van der Waals surface area contributed by atoms with Gasteiger partial charge < -0.3 is 15.6 Å². The van der Waals surface area contributed by atoms with E-state index in [0.717, 1.165) is 43.1 Å². The third-order valence-electron chi connectivity index (χ3n) is 2.86. The van der Waals surface area contributed by atoms with Gasteiger partial charge in [-0.15, -0.1) is 0 Å². The molecule has 0 saturated carbocycles. The fourth-order valence-corrected chi connectivity index (χ4v) is 1.90. The molecule has 0 unspecified atom stereocenters. The van der Waals surface area contributed by atoms with Crippen LogP contribution in [0.25, 0.3) is 0 Å². The van der Waals surface area contributed by atoms with Crippen molar-refractivity contribution in [3.05, 3.63) is 23.8 Å². The van der Waals surface area contributed by atoms with Crippen LogP contribution in [0, 0.1) is 0 Å². The lowest BCUT2D eigenvalue weighted by molar-refractivity contribution is 0.222. The molecule has 18 heavy (non-hydrogen) atoms. The largest absolute Gasteiger partial charge is 0.494 e. The van der Waals surface area contributed by atoms with Crippen LogP contribution in [0.1, 0.15) is 25.8 Å². The quantitative estimate of drug-likeness (QED) is 0.693. The van der Waals surface area contributed by atoms with Crippen LogP contribution in [0.15, 0.2) is 18.2 Å². The van der Waals surface area contributed by atoms with E-state index >= 15 is 0 Å². The molecule has 0 aromatic heterocycles. The van der Waals surface area contributed by atoms with E-state index in [1.165, 1.54) is 0 Å². The van der Waals surface area contributed by atoms with Gasteiger partial charge >= 0.3 is 0 Å². The standard InChI is InChI=1S/C14H24N2O2/c1-3-16(8-5-9-17)11-12-10-13(15)6-7-14(12)18-4-2/h6-7,10,17H,3-5,8-9,11,15H2,1-2H3. The van der Waals surface area contributed by atoms with E-state index in [-0.39, 0.29) is 6.61 Å². The second kappa shape index (κ2) is 7.95. The molecule has 0 bridgehead atoms. The van der Waals surface area contributed by atoms with Crippen LogP contribution >= 0.6 is 0 Å². The van der Waals surface area contributed by atoms with Crippen LogP contribution < -0.4 is 10.5 Å². The Morgan fingerprint density at radius 3 is 2.72 bits per heavy atom. The van der Waals surface area contributed by atoms with Gasteiger partial charge in [0.1, 0.15) is 5.75 Å². The van der Waals surface area contributed by atoms with Gasteiger partial charge in [0, 0.05) is 30.9 Å². The molecule has 1 aromatic rings. The molecule has 102 valence electrons. The zero-order valence-corrected chi connectivity index (χ0v) is 11.4. The van der Waals surface area contributed by atoms with Crippen LogP contribution in [0.2, 0.25) is 0 Å². The first-order valence-corrected chi connectivity index (χ1v) is 6.55. The number of hydrogen-bond acceptors (Lipinski definition) is 4. The smallest absolute Gasteiger partial charge is 0.123 e. The van der Waals surface area contributed by atoms with Crippen LogP contribution in [0.5, 0.6) is 5.75 Å². The average Bonchev–Trinajstić information content (AvgIpc) is 2.37. The second-order valence-electron chi connectivity index (χ2n) is 4.25. The van der Waals surface area contributed by atoms with Gasteiger partial charge in [0.25, 0.3) is 0 Å². The van der Waals surface area contributed by atoms with Gasteiger partial charge in [-0.1, -0.05) is 6.92 Å². The van der Waals surface area contributed by atoms with Crippen molar-refractivity contribution in [2.24, 2.45) is 0 Å². The molecule has 4 heteroatoms.